The lowest BCUT2D eigenvalue weighted by Gasteiger charge is -2.10. The first-order valence-electron chi connectivity index (χ1n) is 4.72. The second kappa shape index (κ2) is 4.52. The van der Waals surface area contributed by atoms with Gasteiger partial charge in [0.05, 0.1) is 5.38 Å². The van der Waals surface area contributed by atoms with Crippen LogP contribution in [0.5, 0.6) is 0 Å². The van der Waals surface area contributed by atoms with E-state index in [1.807, 2.05) is 11.4 Å². The Kier molecular flexibility index (Phi) is 3.26. The maximum Gasteiger partial charge on any atom is 0.128 e. The third-order valence-corrected chi connectivity index (χ3v) is 3.88. The zero-order chi connectivity index (χ0) is 11.7. The van der Waals surface area contributed by atoms with Gasteiger partial charge in [0.1, 0.15) is 11.6 Å². The zero-order valence-corrected chi connectivity index (χ0v) is 10.1. The summed E-state index contributed by atoms with van der Waals surface area (Å²) in [6.45, 7) is 1.52. The van der Waals surface area contributed by atoms with E-state index in [-0.39, 0.29) is 11.1 Å². The van der Waals surface area contributed by atoms with Gasteiger partial charge in [-0.3, -0.25) is 0 Å². The molecular weight excluding hydrogens is 250 g/mol. The number of alkyl halides is 1. The molecule has 0 aliphatic heterocycles. The van der Waals surface area contributed by atoms with E-state index in [0.29, 0.717) is 0 Å². The normalized spacial score (nSPS) is 12.8. The fraction of sp³-hybridized carbons (Fsp3) is 0.167. The van der Waals surface area contributed by atoms with Crippen molar-refractivity contribution in [3.05, 3.63) is 57.3 Å². The predicted octanol–water partition coefficient (Wildman–Crippen LogP) is 4.66. The topological polar surface area (TPSA) is 0 Å². The summed E-state index contributed by atoms with van der Waals surface area (Å²) in [5.74, 6) is -0.897. The van der Waals surface area contributed by atoms with Crippen LogP contribution in [-0.2, 0) is 0 Å². The van der Waals surface area contributed by atoms with E-state index in [2.05, 4.69) is 0 Å². The summed E-state index contributed by atoms with van der Waals surface area (Å²) in [5.41, 5.74) is 0.475. The lowest BCUT2D eigenvalue weighted by molar-refractivity contribution is 0.581. The third-order valence-electron chi connectivity index (χ3n) is 2.34. The number of hydrogen-bond acceptors (Lipinski definition) is 1. The first-order valence-corrected chi connectivity index (χ1v) is 6.04. The Balaban J connectivity index is 2.44. The fourth-order valence-corrected chi connectivity index (χ4v) is 2.56. The fourth-order valence-electron chi connectivity index (χ4n) is 1.44. The van der Waals surface area contributed by atoms with Gasteiger partial charge in [0.25, 0.3) is 0 Å². The molecule has 4 heteroatoms. The van der Waals surface area contributed by atoms with E-state index in [1.165, 1.54) is 30.4 Å². The minimum Gasteiger partial charge on any atom is -0.207 e. The Bertz CT molecular complexity index is 494. The Labute approximate surface area is 101 Å². The first kappa shape index (κ1) is 11.6. The van der Waals surface area contributed by atoms with Gasteiger partial charge in [-0.15, -0.1) is 22.9 Å². The van der Waals surface area contributed by atoms with Gasteiger partial charge in [0.2, 0.25) is 0 Å². The molecule has 84 valence electrons. The highest BCUT2D eigenvalue weighted by molar-refractivity contribution is 7.10. The van der Waals surface area contributed by atoms with Gasteiger partial charge in [-0.1, -0.05) is 6.07 Å². The van der Waals surface area contributed by atoms with Crippen molar-refractivity contribution in [2.24, 2.45) is 0 Å². The molecule has 1 aromatic carbocycles. The number of rotatable bonds is 2. The highest BCUT2D eigenvalue weighted by Crippen LogP contribution is 2.34. The smallest absolute Gasteiger partial charge is 0.128 e. The maximum atomic E-state index is 13.6. The van der Waals surface area contributed by atoms with Crippen LogP contribution in [-0.4, -0.2) is 0 Å². The lowest BCUT2D eigenvalue weighted by atomic mass is 10.1. The molecule has 0 N–H and O–H groups in total. The summed E-state index contributed by atoms with van der Waals surface area (Å²) in [6, 6.07) is 5.98. The standard InChI is InChI=1S/C12H9ClF2S/c1-7-5-10(15)8(6-9(7)14)12(13)11-3-2-4-16-11/h2-6,12H,1H3. The molecule has 0 saturated carbocycles. The van der Waals surface area contributed by atoms with Crippen molar-refractivity contribution >= 4 is 22.9 Å². The van der Waals surface area contributed by atoms with E-state index in [4.69, 9.17) is 11.6 Å². The van der Waals surface area contributed by atoms with Gasteiger partial charge in [-0.25, -0.2) is 8.78 Å². The molecule has 0 spiro atoms. The molecule has 1 heterocycles. The van der Waals surface area contributed by atoms with Crippen molar-refractivity contribution in [2.75, 3.05) is 0 Å². The van der Waals surface area contributed by atoms with Crippen molar-refractivity contribution in [3.8, 4) is 0 Å². The highest BCUT2D eigenvalue weighted by atomic mass is 35.5. The molecule has 2 aromatic rings. The average molecular weight is 259 g/mol. The van der Waals surface area contributed by atoms with Crippen LogP contribution in [0.3, 0.4) is 0 Å². The summed E-state index contributed by atoms with van der Waals surface area (Å²) < 4.78 is 27.0. The Morgan fingerprint density at radius 2 is 2.00 bits per heavy atom. The highest BCUT2D eigenvalue weighted by Gasteiger charge is 2.18. The van der Waals surface area contributed by atoms with Crippen molar-refractivity contribution in [2.45, 2.75) is 12.3 Å². The van der Waals surface area contributed by atoms with Crippen molar-refractivity contribution < 1.29 is 8.78 Å². The maximum absolute atomic E-state index is 13.6. The van der Waals surface area contributed by atoms with Gasteiger partial charge in [0, 0.05) is 10.4 Å². The zero-order valence-electron chi connectivity index (χ0n) is 8.51. The minimum atomic E-state index is -0.630. The van der Waals surface area contributed by atoms with Crippen LogP contribution in [0.15, 0.2) is 29.6 Å². The predicted molar refractivity (Wildman–Crippen MR) is 63.1 cm³/mol. The quantitative estimate of drug-likeness (QED) is 0.687. The molecule has 0 nitrogen and oxygen atoms in total. The summed E-state index contributed by atoms with van der Waals surface area (Å²) in [6.07, 6.45) is 0. The van der Waals surface area contributed by atoms with Gasteiger partial charge >= 0.3 is 0 Å². The van der Waals surface area contributed by atoms with Crippen LogP contribution >= 0.6 is 22.9 Å². The number of halogens is 3. The van der Waals surface area contributed by atoms with Gasteiger partial charge < -0.3 is 0 Å². The molecule has 1 unspecified atom stereocenters. The summed E-state index contributed by atoms with van der Waals surface area (Å²) >= 11 is 7.53. The molecule has 1 aromatic heterocycles. The molecule has 0 aliphatic carbocycles. The van der Waals surface area contributed by atoms with Crippen LogP contribution < -0.4 is 0 Å². The molecule has 0 saturated heterocycles. The summed E-state index contributed by atoms with van der Waals surface area (Å²) in [5, 5.41) is 1.22. The van der Waals surface area contributed by atoms with Crippen molar-refractivity contribution in [3.63, 3.8) is 0 Å². The number of thiophene rings is 1. The number of benzene rings is 1. The van der Waals surface area contributed by atoms with Crippen LogP contribution in [0, 0.1) is 18.6 Å². The van der Waals surface area contributed by atoms with Crippen molar-refractivity contribution in [1.29, 1.82) is 0 Å². The van der Waals surface area contributed by atoms with Crippen LogP contribution in [0.1, 0.15) is 21.4 Å². The molecule has 0 fully saturated rings. The average Bonchev–Trinajstić information content (AvgIpc) is 2.75. The molecule has 0 aliphatic rings. The second-order valence-electron chi connectivity index (χ2n) is 3.50. The van der Waals surface area contributed by atoms with E-state index < -0.39 is 17.0 Å². The van der Waals surface area contributed by atoms with Gasteiger partial charge in [-0.2, -0.15) is 0 Å². The second-order valence-corrected chi connectivity index (χ2v) is 4.92. The lowest BCUT2D eigenvalue weighted by Crippen LogP contribution is -1.98. The van der Waals surface area contributed by atoms with E-state index in [9.17, 15) is 8.78 Å². The molecule has 0 radical (unpaired) electrons. The van der Waals surface area contributed by atoms with Gasteiger partial charge in [0.15, 0.2) is 0 Å². The Morgan fingerprint density at radius 3 is 2.62 bits per heavy atom. The van der Waals surface area contributed by atoms with Crippen molar-refractivity contribution in [1.82, 2.24) is 0 Å². The minimum absolute atomic E-state index is 0.187. The molecule has 16 heavy (non-hydrogen) atoms. The van der Waals surface area contributed by atoms with E-state index in [1.54, 1.807) is 6.07 Å². The number of aryl methyl sites for hydroxylation is 1. The summed E-state index contributed by atoms with van der Waals surface area (Å²) in [4.78, 5) is 0.809. The number of hydrogen-bond donors (Lipinski definition) is 0. The monoisotopic (exact) mass is 258 g/mol. The molecule has 2 rings (SSSR count). The molecule has 0 amide bonds. The Hall–Kier alpha value is -0.930. The van der Waals surface area contributed by atoms with E-state index >= 15 is 0 Å². The molecule has 0 bridgehead atoms. The SMILES string of the molecule is Cc1cc(F)c(C(Cl)c2cccs2)cc1F. The molecule has 1 atom stereocenters. The van der Waals surface area contributed by atoms with Crippen LogP contribution in [0.25, 0.3) is 0 Å². The first-order chi connectivity index (χ1) is 7.59. The molecular formula is C12H9ClF2S. The van der Waals surface area contributed by atoms with E-state index in [0.717, 1.165) is 4.88 Å². The Morgan fingerprint density at radius 1 is 1.25 bits per heavy atom. The largest absolute Gasteiger partial charge is 0.207 e. The summed E-state index contributed by atoms with van der Waals surface area (Å²) in [7, 11) is 0. The van der Waals surface area contributed by atoms with Crippen LogP contribution in [0.4, 0.5) is 8.78 Å². The third kappa shape index (κ3) is 2.11. The van der Waals surface area contributed by atoms with Crippen LogP contribution in [0.2, 0.25) is 0 Å². The van der Waals surface area contributed by atoms with Gasteiger partial charge in [-0.05, 0) is 36.1 Å².